The summed E-state index contributed by atoms with van der Waals surface area (Å²) in [5, 5.41) is 3.31. The number of aromatic nitrogens is 2. The van der Waals surface area contributed by atoms with E-state index in [1.807, 2.05) is 25.5 Å². The van der Waals surface area contributed by atoms with Crippen molar-refractivity contribution in [3.05, 3.63) is 40.8 Å². The summed E-state index contributed by atoms with van der Waals surface area (Å²) in [6.45, 7) is 3.18. The zero-order valence-electron chi connectivity index (χ0n) is 10.7. The fraction of sp³-hybridized carbons (Fsp3) is 0.462. The number of aryl methyl sites for hydroxylation is 1. The molecule has 0 spiro atoms. The molecular weight excluding hydrogens is 294 g/mol. The largest absolute Gasteiger partial charge is 0.457 e. The number of nitrogens with one attached hydrogen (secondary N) is 1. The molecule has 0 bridgehead atoms. The summed E-state index contributed by atoms with van der Waals surface area (Å²) in [4.78, 5) is 4.44. The number of nitrogens with zero attached hydrogens (tertiary/aromatic N) is 2. The van der Waals surface area contributed by atoms with Crippen molar-refractivity contribution in [1.29, 1.82) is 0 Å². The zero-order valence-corrected chi connectivity index (χ0v) is 12.3. The molecule has 0 aliphatic heterocycles. The number of imidazole rings is 1. The van der Waals surface area contributed by atoms with Gasteiger partial charge in [-0.05, 0) is 35.5 Å². The second-order valence-electron chi connectivity index (χ2n) is 4.23. The van der Waals surface area contributed by atoms with E-state index in [0.717, 1.165) is 35.4 Å². The summed E-state index contributed by atoms with van der Waals surface area (Å²) in [5.41, 5.74) is 1.13. The molecule has 0 aliphatic rings. The molecule has 0 aliphatic carbocycles. The summed E-state index contributed by atoms with van der Waals surface area (Å²) in [5.74, 6) is 1.10. The van der Waals surface area contributed by atoms with Crippen molar-refractivity contribution in [1.82, 2.24) is 14.9 Å². The number of hydrogen-bond acceptors (Lipinski definition) is 3. The van der Waals surface area contributed by atoms with Crippen LogP contribution in [0.5, 0.6) is 0 Å². The van der Waals surface area contributed by atoms with E-state index in [1.54, 1.807) is 6.26 Å². The number of likely N-dealkylation sites (N-methyl/N-ethyl adjacent to an activating group) is 1. The van der Waals surface area contributed by atoms with Crippen LogP contribution in [0.25, 0.3) is 0 Å². The van der Waals surface area contributed by atoms with Gasteiger partial charge in [-0.25, -0.2) is 4.98 Å². The van der Waals surface area contributed by atoms with Crippen LogP contribution in [0.2, 0.25) is 0 Å². The molecule has 2 heterocycles. The molecule has 1 unspecified atom stereocenters. The summed E-state index contributed by atoms with van der Waals surface area (Å²) in [6.07, 6.45) is 7.56. The van der Waals surface area contributed by atoms with Crippen LogP contribution in [0.15, 0.2) is 33.8 Å². The molecule has 0 saturated heterocycles. The van der Waals surface area contributed by atoms with E-state index in [0.29, 0.717) is 0 Å². The first-order valence-corrected chi connectivity index (χ1v) is 6.95. The van der Waals surface area contributed by atoms with Crippen molar-refractivity contribution >= 4 is 15.9 Å². The third-order valence-corrected chi connectivity index (χ3v) is 3.67. The first-order valence-electron chi connectivity index (χ1n) is 6.16. The second-order valence-corrected chi connectivity index (χ2v) is 4.95. The van der Waals surface area contributed by atoms with Crippen molar-refractivity contribution < 1.29 is 4.42 Å². The molecule has 18 heavy (non-hydrogen) atoms. The van der Waals surface area contributed by atoms with Gasteiger partial charge in [0.1, 0.15) is 5.82 Å². The van der Waals surface area contributed by atoms with E-state index in [-0.39, 0.29) is 6.04 Å². The average molecular weight is 312 g/mol. The lowest BCUT2D eigenvalue weighted by Crippen LogP contribution is -2.20. The van der Waals surface area contributed by atoms with Crippen LogP contribution in [-0.2, 0) is 13.0 Å². The Morgan fingerprint density at radius 3 is 3.00 bits per heavy atom. The minimum Gasteiger partial charge on any atom is -0.457 e. The zero-order chi connectivity index (χ0) is 13.0. The number of halogens is 1. The first kappa shape index (κ1) is 13.4. The van der Waals surface area contributed by atoms with Crippen molar-refractivity contribution in [2.75, 3.05) is 7.05 Å². The lowest BCUT2D eigenvalue weighted by atomic mass is 10.1. The highest BCUT2D eigenvalue weighted by atomic mass is 79.9. The number of hydrogen-bond donors (Lipinski definition) is 1. The van der Waals surface area contributed by atoms with Gasteiger partial charge < -0.3 is 14.3 Å². The maximum atomic E-state index is 5.29. The minimum absolute atomic E-state index is 0.205. The Morgan fingerprint density at radius 2 is 2.39 bits per heavy atom. The SMILES string of the molecule is CCCn1ccnc1CC(NC)c1ccoc1Br. The fourth-order valence-electron chi connectivity index (χ4n) is 2.08. The van der Waals surface area contributed by atoms with Gasteiger partial charge in [0.05, 0.1) is 6.26 Å². The van der Waals surface area contributed by atoms with Crippen molar-refractivity contribution in [3.63, 3.8) is 0 Å². The van der Waals surface area contributed by atoms with E-state index >= 15 is 0 Å². The first-order chi connectivity index (χ1) is 8.76. The Kier molecular flexibility index (Phi) is 4.60. The molecule has 4 nitrogen and oxygen atoms in total. The normalized spacial score (nSPS) is 12.8. The van der Waals surface area contributed by atoms with Crippen LogP contribution in [-0.4, -0.2) is 16.6 Å². The topological polar surface area (TPSA) is 43.0 Å². The van der Waals surface area contributed by atoms with Crippen molar-refractivity contribution in [2.24, 2.45) is 0 Å². The van der Waals surface area contributed by atoms with Gasteiger partial charge in [-0.1, -0.05) is 6.92 Å². The maximum absolute atomic E-state index is 5.29. The van der Waals surface area contributed by atoms with E-state index in [2.05, 4.69) is 37.7 Å². The van der Waals surface area contributed by atoms with Gasteiger partial charge in [0, 0.05) is 37.0 Å². The molecule has 0 aromatic carbocycles. The molecule has 98 valence electrons. The van der Waals surface area contributed by atoms with Gasteiger partial charge in [-0.3, -0.25) is 0 Å². The lowest BCUT2D eigenvalue weighted by Gasteiger charge is -2.15. The molecule has 0 amide bonds. The quantitative estimate of drug-likeness (QED) is 0.891. The predicted octanol–water partition coefficient (Wildman–Crippen LogP) is 3.15. The molecular formula is C13H18BrN3O. The molecule has 5 heteroatoms. The Balaban J connectivity index is 2.15. The van der Waals surface area contributed by atoms with Crippen LogP contribution in [0, 0.1) is 0 Å². The summed E-state index contributed by atoms with van der Waals surface area (Å²) >= 11 is 3.43. The molecule has 1 N–H and O–H groups in total. The van der Waals surface area contributed by atoms with E-state index in [9.17, 15) is 0 Å². The van der Waals surface area contributed by atoms with E-state index in [4.69, 9.17) is 4.42 Å². The maximum Gasteiger partial charge on any atom is 0.173 e. The Morgan fingerprint density at radius 1 is 1.56 bits per heavy atom. The molecule has 0 fully saturated rings. The molecule has 2 aromatic heterocycles. The van der Waals surface area contributed by atoms with Gasteiger partial charge in [-0.2, -0.15) is 0 Å². The molecule has 2 rings (SSSR count). The number of furan rings is 1. The third-order valence-electron chi connectivity index (χ3n) is 3.02. The molecule has 0 radical (unpaired) electrons. The van der Waals surface area contributed by atoms with Crippen LogP contribution in [0.4, 0.5) is 0 Å². The van der Waals surface area contributed by atoms with E-state index < -0.39 is 0 Å². The number of rotatable bonds is 6. The van der Waals surface area contributed by atoms with Crippen molar-refractivity contribution in [2.45, 2.75) is 32.4 Å². The summed E-state index contributed by atoms with van der Waals surface area (Å²) < 4.78 is 8.29. The van der Waals surface area contributed by atoms with Crippen LogP contribution >= 0.6 is 15.9 Å². The monoisotopic (exact) mass is 311 g/mol. The van der Waals surface area contributed by atoms with Gasteiger partial charge in [-0.15, -0.1) is 0 Å². The van der Waals surface area contributed by atoms with Crippen molar-refractivity contribution in [3.8, 4) is 0 Å². The van der Waals surface area contributed by atoms with Crippen LogP contribution in [0.1, 0.15) is 30.8 Å². The van der Waals surface area contributed by atoms with Gasteiger partial charge in [0.25, 0.3) is 0 Å². The Labute approximate surface area is 116 Å². The smallest absolute Gasteiger partial charge is 0.173 e. The van der Waals surface area contributed by atoms with E-state index in [1.165, 1.54) is 0 Å². The fourth-order valence-corrected chi connectivity index (χ4v) is 2.59. The predicted molar refractivity (Wildman–Crippen MR) is 74.4 cm³/mol. The van der Waals surface area contributed by atoms with Crippen LogP contribution < -0.4 is 5.32 Å². The Bertz CT molecular complexity index is 492. The second kappa shape index (κ2) is 6.20. The average Bonchev–Trinajstić information content (AvgIpc) is 2.96. The highest BCUT2D eigenvalue weighted by Gasteiger charge is 2.17. The molecule has 2 aromatic rings. The summed E-state index contributed by atoms with van der Waals surface area (Å²) in [7, 11) is 1.96. The lowest BCUT2D eigenvalue weighted by molar-refractivity contribution is 0.507. The van der Waals surface area contributed by atoms with Gasteiger partial charge >= 0.3 is 0 Å². The molecule has 0 saturated carbocycles. The third kappa shape index (κ3) is 2.84. The highest BCUT2D eigenvalue weighted by Crippen LogP contribution is 2.26. The van der Waals surface area contributed by atoms with Gasteiger partial charge in [0.2, 0.25) is 0 Å². The highest BCUT2D eigenvalue weighted by molar-refractivity contribution is 9.10. The standard InChI is InChI=1S/C13H18BrN3O/c1-3-6-17-7-5-16-12(17)9-11(15-2)10-4-8-18-13(10)14/h4-5,7-8,11,15H,3,6,9H2,1-2H3. The van der Waals surface area contributed by atoms with Gasteiger partial charge in [0.15, 0.2) is 4.67 Å². The molecule has 1 atom stereocenters. The minimum atomic E-state index is 0.205. The van der Waals surface area contributed by atoms with Crippen LogP contribution in [0.3, 0.4) is 0 Å². The summed E-state index contributed by atoms with van der Waals surface area (Å²) in [6, 6.07) is 2.19. The Hall–Kier alpha value is -1.07.